The van der Waals surface area contributed by atoms with Gasteiger partial charge in [0.05, 0.1) is 12.5 Å². The molecule has 22 heavy (non-hydrogen) atoms. The quantitative estimate of drug-likeness (QED) is 0.803. The molecule has 0 aromatic heterocycles. The van der Waals surface area contributed by atoms with E-state index in [1.807, 2.05) is 6.07 Å². The van der Waals surface area contributed by atoms with Gasteiger partial charge in [-0.2, -0.15) is 0 Å². The average Bonchev–Trinajstić information content (AvgIpc) is 2.45. The molecule has 2 N–H and O–H groups in total. The van der Waals surface area contributed by atoms with Crippen molar-refractivity contribution in [2.75, 3.05) is 0 Å². The van der Waals surface area contributed by atoms with Gasteiger partial charge in [-0.3, -0.25) is 4.79 Å². The molecule has 0 amide bonds. The van der Waals surface area contributed by atoms with Gasteiger partial charge in [-0.05, 0) is 24.7 Å². The van der Waals surface area contributed by atoms with Gasteiger partial charge in [0.1, 0.15) is 12.3 Å². The molecule has 0 fully saturated rings. The fraction of sp³-hybridized carbons (Fsp3) is 0.550. The molecule has 0 heterocycles. The van der Waals surface area contributed by atoms with Gasteiger partial charge < -0.3 is 5.32 Å². The highest BCUT2D eigenvalue weighted by atomic mass is 16.1. The minimum atomic E-state index is 0.0877. The number of carbonyl (C=O) groups excluding carboxylic acids is 1. The number of Topliss-reactive ketones (excluding diaryl/α,β-unsaturated/α-hetero) is 1. The average molecular weight is 300 g/mol. The summed E-state index contributed by atoms with van der Waals surface area (Å²) in [6.45, 7) is 9.75. The molecule has 0 radical (unpaired) electrons. The highest BCUT2D eigenvalue weighted by molar-refractivity contribution is 5.82. The maximum atomic E-state index is 12.8. The number of carbonyl (C=O) groups is 1. The highest BCUT2D eigenvalue weighted by Crippen LogP contribution is 2.41. The van der Waals surface area contributed by atoms with E-state index < -0.39 is 0 Å². The first-order valence-electron chi connectivity index (χ1n) is 8.47. The summed E-state index contributed by atoms with van der Waals surface area (Å²) in [7, 11) is 0. The summed E-state index contributed by atoms with van der Waals surface area (Å²) in [5, 5.41) is 2.28. The molecular weight excluding hydrogens is 270 g/mol. The van der Waals surface area contributed by atoms with Crippen LogP contribution in [0.25, 0.3) is 0 Å². The van der Waals surface area contributed by atoms with Gasteiger partial charge in [0, 0.05) is 11.5 Å². The summed E-state index contributed by atoms with van der Waals surface area (Å²) in [5.74, 6) is 0.946. The van der Waals surface area contributed by atoms with Gasteiger partial charge >= 0.3 is 0 Å². The van der Waals surface area contributed by atoms with E-state index in [9.17, 15) is 4.79 Å². The number of ketones is 1. The Kier molecular flexibility index (Phi) is 5.57. The first-order valence-corrected chi connectivity index (χ1v) is 8.47. The number of hydrogen-bond donors (Lipinski definition) is 1. The maximum Gasteiger partial charge on any atom is 0.142 e. The molecule has 0 spiro atoms. The Bertz CT molecular complexity index is 518. The topological polar surface area (TPSA) is 33.7 Å². The predicted octanol–water partition coefficient (Wildman–Crippen LogP) is 3.34. The smallest absolute Gasteiger partial charge is 0.142 e. The SMILES string of the molecule is C[C@H](CC(=O)[C@H]1[C@H](C)C=CCC1(C)C)[NH2+]Cc1ccccc1. The van der Waals surface area contributed by atoms with Gasteiger partial charge in [-0.15, -0.1) is 0 Å². The van der Waals surface area contributed by atoms with Crippen LogP contribution in [0.5, 0.6) is 0 Å². The molecule has 2 nitrogen and oxygen atoms in total. The van der Waals surface area contributed by atoms with Gasteiger partial charge in [0.25, 0.3) is 0 Å². The third kappa shape index (κ3) is 4.30. The minimum Gasteiger partial charge on any atom is -0.340 e. The van der Waals surface area contributed by atoms with Crippen LogP contribution in [0.1, 0.15) is 46.1 Å². The second-order valence-electron chi connectivity index (χ2n) is 7.53. The largest absolute Gasteiger partial charge is 0.340 e. The molecule has 120 valence electrons. The molecule has 0 unspecified atom stereocenters. The molecule has 2 heteroatoms. The van der Waals surface area contributed by atoms with Crippen LogP contribution in [0.15, 0.2) is 42.5 Å². The van der Waals surface area contributed by atoms with Crippen molar-refractivity contribution in [2.24, 2.45) is 17.3 Å². The standard InChI is InChI=1S/C20H29NO/c1-15-9-8-12-20(3,4)19(15)18(22)13-16(2)21-14-17-10-6-5-7-11-17/h5-11,15-16,19,21H,12-14H2,1-4H3/p+1/t15-,16-,19-/m1/s1. The number of rotatable bonds is 6. The number of quaternary nitrogens is 1. The molecule has 0 saturated heterocycles. The molecule has 0 aliphatic heterocycles. The molecule has 2 rings (SSSR count). The van der Waals surface area contributed by atoms with E-state index in [2.05, 4.69) is 69.4 Å². The van der Waals surface area contributed by atoms with Crippen molar-refractivity contribution in [2.45, 2.75) is 53.1 Å². The zero-order valence-electron chi connectivity index (χ0n) is 14.4. The zero-order chi connectivity index (χ0) is 16.2. The molecule has 1 aliphatic rings. The molecule has 1 aliphatic carbocycles. The monoisotopic (exact) mass is 300 g/mol. The van der Waals surface area contributed by atoms with Crippen LogP contribution < -0.4 is 5.32 Å². The van der Waals surface area contributed by atoms with Crippen molar-refractivity contribution in [3.8, 4) is 0 Å². The van der Waals surface area contributed by atoms with Crippen molar-refractivity contribution < 1.29 is 10.1 Å². The van der Waals surface area contributed by atoms with Crippen LogP contribution in [-0.4, -0.2) is 11.8 Å². The number of nitrogens with two attached hydrogens (primary N) is 1. The highest BCUT2D eigenvalue weighted by Gasteiger charge is 2.39. The normalized spacial score (nSPS) is 24.9. The van der Waals surface area contributed by atoms with E-state index >= 15 is 0 Å². The fourth-order valence-electron chi connectivity index (χ4n) is 3.74. The molecule has 3 atom stereocenters. The van der Waals surface area contributed by atoms with Crippen molar-refractivity contribution >= 4 is 5.78 Å². The van der Waals surface area contributed by atoms with Crippen molar-refractivity contribution in [3.05, 3.63) is 48.0 Å². The van der Waals surface area contributed by atoms with Crippen LogP contribution in [-0.2, 0) is 11.3 Å². The Hall–Kier alpha value is -1.41. The fourth-order valence-corrected chi connectivity index (χ4v) is 3.74. The van der Waals surface area contributed by atoms with Gasteiger partial charge in [0.15, 0.2) is 0 Å². The Balaban J connectivity index is 1.89. The summed E-state index contributed by atoms with van der Waals surface area (Å²) in [6, 6.07) is 10.8. The first-order chi connectivity index (χ1) is 10.4. The second-order valence-corrected chi connectivity index (χ2v) is 7.53. The van der Waals surface area contributed by atoms with Crippen LogP contribution in [0.3, 0.4) is 0 Å². The number of hydrogen-bond acceptors (Lipinski definition) is 1. The Morgan fingerprint density at radius 2 is 2.00 bits per heavy atom. The summed E-state index contributed by atoms with van der Waals surface area (Å²) in [6.07, 6.45) is 6.13. The summed E-state index contributed by atoms with van der Waals surface area (Å²) in [4.78, 5) is 12.8. The lowest BCUT2D eigenvalue weighted by Crippen LogP contribution is -2.88. The van der Waals surface area contributed by atoms with E-state index in [0.29, 0.717) is 24.2 Å². The maximum absolute atomic E-state index is 12.8. The van der Waals surface area contributed by atoms with Crippen LogP contribution >= 0.6 is 0 Å². The van der Waals surface area contributed by atoms with Gasteiger partial charge in [-0.1, -0.05) is 63.3 Å². The van der Waals surface area contributed by atoms with E-state index in [-0.39, 0.29) is 11.3 Å². The Morgan fingerprint density at radius 1 is 1.32 bits per heavy atom. The third-order valence-corrected chi connectivity index (χ3v) is 4.92. The Morgan fingerprint density at radius 3 is 2.64 bits per heavy atom. The minimum absolute atomic E-state index is 0.0877. The summed E-state index contributed by atoms with van der Waals surface area (Å²) in [5.41, 5.74) is 1.40. The third-order valence-electron chi connectivity index (χ3n) is 4.92. The lowest BCUT2D eigenvalue weighted by atomic mass is 9.65. The lowest BCUT2D eigenvalue weighted by molar-refractivity contribution is -0.700. The Labute approximate surface area is 135 Å². The summed E-state index contributed by atoms with van der Waals surface area (Å²) >= 11 is 0. The number of benzene rings is 1. The second kappa shape index (κ2) is 7.23. The van der Waals surface area contributed by atoms with Crippen LogP contribution in [0, 0.1) is 17.3 Å². The van der Waals surface area contributed by atoms with Crippen LogP contribution in [0.4, 0.5) is 0 Å². The van der Waals surface area contributed by atoms with E-state index in [0.717, 1.165) is 13.0 Å². The van der Waals surface area contributed by atoms with Gasteiger partial charge in [-0.25, -0.2) is 0 Å². The predicted molar refractivity (Wildman–Crippen MR) is 91.3 cm³/mol. The molecule has 0 saturated carbocycles. The van der Waals surface area contributed by atoms with E-state index in [1.54, 1.807) is 0 Å². The first kappa shape index (κ1) is 17.0. The van der Waals surface area contributed by atoms with Crippen molar-refractivity contribution in [3.63, 3.8) is 0 Å². The zero-order valence-corrected chi connectivity index (χ0v) is 14.4. The lowest BCUT2D eigenvalue weighted by Gasteiger charge is -2.39. The van der Waals surface area contributed by atoms with E-state index in [1.165, 1.54) is 5.56 Å². The van der Waals surface area contributed by atoms with E-state index in [4.69, 9.17) is 0 Å². The van der Waals surface area contributed by atoms with Crippen molar-refractivity contribution in [1.29, 1.82) is 0 Å². The number of allylic oxidation sites excluding steroid dienone is 2. The molecule has 1 aromatic rings. The van der Waals surface area contributed by atoms with Crippen LogP contribution in [0.2, 0.25) is 0 Å². The molecular formula is C20H30NO+. The van der Waals surface area contributed by atoms with Gasteiger partial charge in [0.2, 0.25) is 0 Å². The molecule has 0 bridgehead atoms. The molecule has 1 aromatic carbocycles. The van der Waals surface area contributed by atoms with Crippen molar-refractivity contribution in [1.82, 2.24) is 0 Å². The summed E-state index contributed by atoms with van der Waals surface area (Å²) < 4.78 is 0.